The van der Waals surface area contributed by atoms with Crippen molar-refractivity contribution in [1.29, 1.82) is 0 Å². The summed E-state index contributed by atoms with van der Waals surface area (Å²) in [7, 11) is 0. The average molecular weight is 240 g/mol. The predicted molar refractivity (Wildman–Crippen MR) is 56.4 cm³/mol. The van der Waals surface area contributed by atoms with E-state index in [1.165, 1.54) is 6.07 Å². The predicted octanol–water partition coefficient (Wildman–Crippen LogP) is 1.25. The Labute approximate surface area is 95.4 Å². The van der Waals surface area contributed by atoms with Crippen molar-refractivity contribution in [1.82, 2.24) is 0 Å². The van der Waals surface area contributed by atoms with Crippen LogP contribution in [0.4, 0.5) is 15.8 Å². The Morgan fingerprint density at radius 3 is 2.65 bits per heavy atom. The third kappa shape index (κ3) is 2.17. The number of halogens is 1. The van der Waals surface area contributed by atoms with Gasteiger partial charge in [-0.05, 0) is 6.07 Å². The minimum atomic E-state index is -0.910. The van der Waals surface area contributed by atoms with Crippen LogP contribution in [0.25, 0.3) is 0 Å². The Kier molecular flexibility index (Phi) is 2.66. The van der Waals surface area contributed by atoms with Crippen molar-refractivity contribution in [3.05, 3.63) is 34.1 Å². The maximum Gasteiger partial charge on any atom is 0.310 e. The molecule has 1 saturated heterocycles. The van der Waals surface area contributed by atoms with Crippen LogP contribution >= 0.6 is 0 Å². The first-order chi connectivity index (χ1) is 7.97. The highest BCUT2D eigenvalue weighted by molar-refractivity contribution is 5.74. The number of carbonyl (C=O) groups is 1. The molecule has 0 saturated carbocycles. The number of aliphatic carboxylic acids is 1. The fourth-order valence-corrected chi connectivity index (χ4v) is 1.69. The summed E-state index contributed by atoms with van der Waals surface area (Å²) in [6.07, 6.45) is 0. The number of nitro groups is 1. The summed E-state index contributed by atoms with van der Waals surface area (Å²) in [6, 6.07) is 3.23. The van der Waals surface area contributed by atoms with Crippen molar-refractivity contribution in [3.63, 3.8) is 0 Å². The van der Waals surface area contributed by atoms with E-state index in [0.717, 1.165) is 12.1 Å². The van der Waals surface area contributed by atoms with Crippen LogP contribution in [0.3, 0.4) is 0 Å². The number of carboxylic acids is 1. The zero-order chi connectivity index (χ0) is 12.6. The van der Waals surface area contributed by atoms with Crippen molar-refractivity contribution in [2.24, 2.45) is 5.92 Å². The Morgan fingerprint density at radius 1 is 1.47 bits per heavy atom. The molecule has 1 aliphatic rings. The van der Waals surface area contributed by atoms with Gasteiger partial charge in [0.25, 0.3) is 5.69 Å². The molecule has 6 nitrogen and oxygen atoms in total. The Morgan fingerprint density at radius 2 is 2.12 bits per heavy atom. The van der Waals surface area contributed by atoms with Crippen molar-refractivity contribution in [3.8, 4) is 0 Å². The zero-order valence-corrected chi connectivity index (χ0v) is 8.67. The maximum atomic E-state index is 13.1. The molecule has 1 aliphatic heterocycles. The van der Waals surface area contributed by atoms with Crippen molar-refractivity contribution in [2.75, 3.05) is 18.0 Å². The van der Waals surface area contributed by atoms with Gasteiger partial charge in [0.05, 0.1) is 16.9 Å². The van der Waals surface area contributed by atoms with Crippen LogP contribution in [0.15, 0.2) is 18.2 Å². The molecular weight excluding hydrogens is 231 g/mol. The van der Waals surface area contributed by atoms with Gasteiger partial charge >= 0.3 is 5.97 Å². The molecule has 17 heavy (non-hydrogen) atoms. The number of nitro benzene ring substituents is 1. The van der Waals surface area contributed by atoms with E-state index in [2.05, 4.69) is 0 Å². The number of non-ortho nitro benzene ring substituents is 1. The molecule has 1 fully saturated rings. The lowest BCUT2D eigenvalue weighted by molar-refractivity contribution is -0.385. The summed E-state index contributed by atoms with van der Waals surface area (Å²) in [5.74, 6) is -2.10. The first kappa shape index (κ1) is 11.3. The van der Waals surface area contributed by atoms with Crippen LogP contribution in [0.5, 0.6) is 0 Å². The molecule has 1 aromatic carbocycles. The molecule has 0 unspecified atom stereocenters. The van der Waals surface area contributed by atoms with E-state index < -0.39 is 22.6 Å². The molecule has 1 heterocycles. The van der Waals surface area contributed by atoms with E-state index in [4.69, 9.17) is 5.11 Å². The zero-order valence-electron chi connectivity index (χ0n) is 8.67. The molecule has 0 atom stereocenters. The summed E-state index contributed by atoms with van der Waals surface area (Å²) in [5.41, 5.74) is 0.00738. The molecule has 1 N–H and O–H groups in total. The number of anilines is 1. The second-order valence-electron chi connectivity index (χ2n) is 3.86. The first-order valence-corrected chi connectivity index (χ1v) is 4.90. The first-order valence-electron chi connectivity index (χ1n) is 4.90. The standard InChI is InChI=1S/C10H9FN2O4/c11-7-1-8(3-9(2-7)13(16)17)12-4-6(5-12)10(14)15/h1-3,6H,4-5H2,(H,14,15). The fraction of sp³-hybridized carbons (Fsp3) is 0.300. The van der Waals surface area contributed by atoms with Gasteiger partial charge in [-0.15, -0.1) is 0 Å². The summed E-state index contributed by atoms with van der Waals surface area (Å²) >= 11 is 0. The van der Waals surface area contributed by atoms with Crippen molar-refractivity contribution >= 4 is 17.3 Å². The van der Waals surface area contributed by atoms with Crippen LogP contribution in [0.2, 0.25) is 0 Å². The molecule has 1 aromatic rings. The number of carboxylic acid groups (broad SMARTS) is 1. The van der Waals surface area contributed by atoms with Gasteiger partial charge in [0.15, 0.2) is 0 Å². The van der Waals surface area contributed by atoms with Gasteiger partial charge in [0.2, 0.25) is 0 Å². The highest BCUT2D eigenvalue weighted by Crippen LogP contribution is 2.28. The smallest absolute Gasteiger partial charge is 0.310 e. The van der Waals surface area contributed by atoms with Crippen molar-refractivity contribution in [2.45, 2.75) is 0 Å². The molecule has 0 amide bonds. The highest BCUT2D eigenvalue weighted by Gasteiger charge is 2.33. The normalized spacial score (nSPS) is 15.5. The quantitative estimate of drug-likeness (QED) is 0.635. The van der Waals surface area contributed by atoms with Crippen LogP contribution in [0, 0.1) is 21.8 Å². The fourth-order valence-electron chi connectivity index (χ4n) is 1.69. The van der Waals surface area contributed by atoms with Gasteiger partial charge in [0.1, 0.15) is 5.82 Å². The van der Waals surface area contributed by atoms with Crippen LogP contribution in [-0.4, -0.2) is 29.1 Å². The van der Waals surface area contributed by atoms with E-state index in [1.807, 2.05) is 0 Å². The van der Waals surface area contributed by atoms with Gasteiger partial charge in [-0.2, -0.15) is 0 Å². The number of hydrogen-bond acceptors (Lipinski definition) is 4. The monoisotopic (exact) mass is 240 g/mol. The molecule has 0 spiro atoms. The van der Waals surface area contributed by atoms with Crippen LogP contribution in [-0.2, 0) is 4.79 Å². The van der Waals surface area contributed by atoms with E-state index in [1.54, 1.807) is 4.90 Å². The summed E-state index contributed by atoms with van der Waals surface area (Å²) < 4.78 is 13.1. The SMILES string of the molecule is O=C(O)C1CN(c2cc(F)cc([N+](=O)[O-])c2)C1. The number of rotatable bonds is 3. The second-order valence-corrected chi connectivity index (χ2v) is 3.86. The Bertz CT molecular complexity index is 485. The number of nitrogens with zero attached hydrogens (tertiary/aromatic N) is 2. The van der Waals surface area contributed by atoms with E-state index in [-0.39, 0.29) is 18.8 Å². The van der Waals surface area contributed by atoms with Crippen molar-refractivity contribution < 1.29 is 19.2 Å². The lowest BCUT2D eigenvalue weighted by atomic mass is 9.99. The average Bonchev–Trinajstić information content (AvgIpc) is 2.13. The van der Waals surface area contributed by atoms with Crippen LogP contribution < -0.4 is 4.90 Å². The van der Waals surface area contributed by atoms with Gasteiger partial charge in [-0.25, -0.2) is 4.39 Å². The highest BCUT2D eigenvalue weighted by atomic mass is 19.1. The van der Waals surface area contributed by atoms with Gasteiger partial charge in [-0.1, -0.05) is 0 Å². The molecule has 0 aliphatic carbocycles. The molecule has 90 valence electrons. The Hall–Kier alpha value is -2.18. The minimum Gasteiger partial charge on any atom is -0.481 e. The van der Waals surface area contributed by atoms with Gasteiger partial charge in [-0.3, -0.25) is 14.9 Å². The largest absolute Gasteiger partial charge is 0.481 e. The van der Waals surface area contributed by atoms with E-state index in [0.29, 0.717) is 5.69 Å². The lowest BCUT2D eigenvalue weighted by Gasteiger charge is -2.38. The number of hydrogen-bond donors (Lipinski definition) is 1. The third-order valence-electron chi connectivity index (χ3n) is 2.67. The summed E-state index contributed by atoms with van der Waals surface area (Å²) in [6.45, 7) is 0.492. The molecular formula is C10H9FN2O4. The molecule has 2 rings (SSSR count). The minimum absolute atomic E-state index is 0.246. The topological polar surface area (TPSA) is 83.7 Å². The van der Waals surface area contributed by atoms with Crippen LogP contribution in [0.1, 0.15) is 0 Å². The molecule has 7 heteroatoms. The molecule has 0 aromatic heterocycles. The third-order valence-corrected chi connectivity index (χ3v) is 2.67. The maximum absolute atomic E-state index is 13.1. The number of benzene rings is 1. The van der Waals surface area contributed by atoms with Gasteiger partial charge < -0.3 is 10.0 Å². The summed E-state index contributed by atoms with van der Waals surface area (Å²) in [4.78, 5) is 22.0. The Balaban J connectivity index is 2.18. The summed E-state index contributed by atoms with van der Waals surface area (Å²) in [5, 5.41) is 19.2. The molecule has 0 radical (unpaired) electrons. The lowest BCUT2D eigenvalue weighted by Crippen LogP contribution is -2.50. The van der Waals surface area contributed by atoms with E-state index in [9.17, 15) is 19.3 Å². The molecule has 0 bridgehead atoms. The second kappa shape index (κ2) is 4.00. The van der Waals surface area contributed by atoms with Gasteiger partial charge in [0, 0.05) is 24.8 Å². The van der Waals surface area contributed by atoms with E-state index >= 15 is 0 Å².